The molecule has 9 nitrogen and oxygen atoms in total. The number of H-pyrrole nitrogens is 1. The summed E-state index contributed by atoms with van der Waals surface area (Å²) < 4.78 is 10.9. The first-order chi connectivity index (χ1) is 13.0. The Morgan fingerprint density at radius 2 is 1.93 bits per heavy atom. The van der Waals surface area contributed by atoms with E-state index in [2.05, 4.69) is 10.4 Å². The Hall–Kier alpha value is -3.62. The number of nitrogens with zero attached hydrogens (tertiary/aromatic N) is 1. The standard InChI is InChI=1S/C18H17N3O6/c1-11(14-7-4-8-26-14)19-15(22)10-27-16(23)9-21-18(25)13-6-3-2-5-12(13)17(24)20-21/h2-8,11H,9-10H2,1H3,(H,19,22)(H,20,24)/t11-/m0/s1. The molecule has 0 saturated carbocycles. The molecule has 0 fully saturated rings. The van der Waals surface area contributed by atoms with Crippen LogP contribution in [0.25, 0.3) is 10.8 Å². The molecule has 9 heteroatoms. The molecule has 3 aromatic rings. The summed E-state index contributed by atoms with van der Waals surface area (Å²) in [5, 5.41) is 5.36. The van der Waals surface area contributed by atoms with Gasteiger partial charge in [0.25, 0.3) is 17.0 Å². The minimum Gasteiger partial charge on any atom is -0.467 e. The van der Waals surface area contributed by atoms with Gasteiger partial charge < -0.3 is 14.5 Å². The van der Waals surface area contributed by atoms with Crippen molar-refractivity contribution in [1.82, 2.24) is 15.1 Å². The average molecular weight is 371 g/mol. The van der Waals surface area contributed by atoms with Gasteiger partial charge >= 0.3 is 5.97 Å². The maximum atomic E-state index is 12.3. The fourth-order valence-electron chi connectivity index (χ4n) is 2.57. The van der Waals surface area contributed by atoms with E-state index >= 15 is 0 Å². The predicted octanol–water partition coefficient (Wildman–Crippen LogP) is 0.703. The normalized spacial score (nSPS) is 11.9. The van der Waals surface area contributed by atoms with E-state index in [0.29, 0.717) is 5.76 Å². The van der Waals surface area contributed by atoms with E-state index in [1.807, 2.05) is 0 Å². The Labute approximate surface area is 152 Å². The molecule has 0 radical (unpaired) electrons. The molecular formula is C18H17N3O6. The van der Waals surface area contributed by atoms with Gasteiger partial charge in [0, 0.05) is 0 Å². The zero-order valence-corrected chi connectivity index (χ0v) is 14.4. The van der Waals surface area contributed by atoms with Gasteiger partial charge in [0.05, 0.1) is 23.1 Å². The van der Waals surface area contributed by atoms with Crippen LogP contribution in [0.1, 0.15) is 18.7 Å². The fraction of sp³-hybridized carbons (Fsp3) is 0.222. The first-order valence-corrected chi connectivity index (χ1v) is 8.16. The summed E-state index contributed by atoms with van der Waals surface area (Å²) in [6, 6.07) is 9.29. The van der Waals surface area contributed by atoms with E-state index in [0.717, 1.165) is 4.68 Å². The molecule has 2 aromatic heterocycles. The lowest BCUT2D eigenvalue weighted by molar-refractivity contribution is -0.149. The quantitative estimate of drug-likeness (QED) is 0.615. The van der Waals surface area contributed by atoms with Gasteiger partial charge in [0.1, 0.15) is 12.3 Å². The van der Waals surface area contributed by atoms with Crippen LogP contribution in [0.4, 0.5) is 0 Å². The fourth-order valence-corrected chi connectivity index (χ4v) is 2.57. The predicted molar refractivity (Wildman–Crippen MR) is 95.1 cm³/mol. The van der Waals surface area contributed by atoms with Crippen LogP contribution in [0.5, 0.6) is 0 Å². The van der Waals surface area contributed by atoms with E-state index in [4.69, 9.17) is 9.15 Å². The molecule has 1 aromatic carbocycles. The van der Waals surface area contributed by atoms with Crippen molar-refractivity contribution in [1.29, 1.82) is 0 Å². The highest BCUT2D eigenvalue weighted by atomic mass is 16.5. The van der Waals surface area contributed by atoms with Crippen molar-refractivity contribution >= 4 is 22.6 Å². The Bertz CT molecular complexity index is 1080. The van der Waals surface area contributed by atoms with E-state index in [1.54, 1.807) is 31.2 Å². The number of hydrogen-bond acceptors (Lipinski definition) is 6. The molecule has 0 bridgehead atoms. The summed E-state index contributed by atoms with van der Waals surface area (Å²) in [6.45, 7) is 0.689. The number of benzene rings is 1. The highest BCUT2D eigenvalue weighted by Crippen LogP contribution is 2.11. The lowest BCUT2D eigenvalue weighted by atomic mass is 10.2. The van der Waals surface area contributed by atoms with Gasteiger partial charge in [0.15, 0.2) is 6.61 Å². The number of carbonyl (C=O) groups excluding carboxylic acids is 2. The molecule has 2 heterocycles. The second-order valence-corrected chi connectivity index (χ2v) is 5.84. The van der Waals surface area contributed by atoms with Crippen LogP contribution >= 0.6 is 0 Å². The first-order valence-electron chi connectivity index (χ1n) is 8.16. The number of fused-ring (bicyclic) bond motifs is 1. The van der Waals surface area contributed by atoms with Crippen LogP contribution in [0.3, 0.4) is 0 Å². The third kappa shape index (κ3) is 4.14. The summed E-state index contributed by atoms with van der Waals surface area (Å²) in [7, 11) is 0. The first kappa shape index (κ1) is 18.2. The Morgan fingerprint density at radius 1 is 1.19 bits per heavy atom. The number of nitrogens with one attached hydrogen (secondary N) is 2. The third-order valence-corrected chi connectivity index (χ3v) is 3.88. The topological polar surface area (TPSA) is 123 Å². The van der Waals surface area contributed by atoms with E-state index < -0.39 is 36.1 Å². The van der Waals surface area contributed by atoms with E-state index in [1.165, 1.54) is 18.4 Å². The molecule has 0 aliphatic heterocycles. The van der Waals surface area contributed by atoms with Crippen molar-refractivity contribution in [3.8, 4) is 0 Å². The number of aromatic amines is 1. The van der Waals surface area contributed by atoms with Crippen LogP contribution < -0.4 is 16.4 Å². The van der Waals surface area contributed by atoms with Gasteiger partial charge in [-0.3, -0.25) is 24.3 Å². The van der Waals surface area contributed by atoms with Gasteiger partial charge in [0.2, 0.25) is 0 Å². The van der Waals surface area contributed by atoms with E-state index in [-0.39, 0.29) is 16.8 Å². The summed E-state index contributed by atoms with van der Waals surface area (Å²) in [5.41, 5.74) is -1.03. The van der Waals surface area contributed by atoms with Gasteiger partial charge in [-0.25, -0.2) is 4.68 Å². The summed E-state index contributed by atoms with van der Waals surface area (Å²) in [6.07, 6.45) is 1.49. The number of furan rings is 1. The van der Waals surface area contributed by atoms with Crippen molar-refractivity contribution in [3.05, 3.63) is 69.1 Å². The molecule has 0 aliphatic carbocycles. The highest BCUT2D eigenvalue weighted by Gasteiger charge is 2.15. The van der Waals surface area contributed by atoms with Crippen LogP contribution in [0, 0.1) is 0 Å². The zero-order valence-electron chi connectivity index (χ0n) is 14.4. The number of ether oxygens (including phenoxy) is 1. The number of hydrogen-bond donors (Lipinski definition) is 2. The Kier molecular flexibility index (Phi) is 5.20. The van der Waals surface area contributed by atoms with Crippen LogP contribution in [-0.2, 0) is 20.9 Å². The van der Waals surface area contributed by atoms with Gasteiger partial charge in [-0.2, -0.15) is 0 Å². The number of rotatable bonds is 6. The maximum Gasteiger partial charge on any atom is 0.328 e. The second-order valence-electron chi connectivity index (χ2n) is 5.84. The van der Waals surface area contributed by atoms with Crippen LogP contribution in [0.2, 0.25) is 0 Å². The summed E-state index contributed by atoms with van der Waals surface area (Å²) in [5.74, 6) is -0.787. The molecule has 0 unspecified atom stereocenters. The van der Waals surface area contributed by atoms with Gasteiger partial charge in [-0.1, -0.05) is 12.1 Å². The SMILES string of the molecule is C[C@H](NC(=O)COC(=O)Cn1[nH]c(=O)c2ccccc2c1=O)c1ccco1. The minimum absolute atomic E-state index is 0.194. The third-order valence-electron chi connectivity index (χ3n) is 3.88. The number of carbonyl (C=O) groups is 2. The number of amides is 1. The number of aromatic nitrogens is 2. The Balaban J connectivity index is 1.60. The lowest BCUT2D eigenvalue weighted by Crippen LogP contribution is -2.35. The minimum atomic E-state index is -0.830. The number of esters is 1. The molecule has 140 valence electrons. The van der Waals surface area contributed by atoms with Crippen LogP contribution in [-0.4, -0.2) is 28.3 Å². The van der Waals surface area contributed by atoms with Crippen molar-refractivity contribution in [2.75, 3.05) is 6.61 Å². The smallest absolute Gasteiger partial charge is 0.328 e. The zero-order chi connectivity index (χ0) is 19.4. The molecule has 2 N–H and O–H groups in total. The van der Waals surface area contributed by atoms with Crippen molar-refractivity contribution in [2.24, 2.45) is 0 Å². The highest BCUT2D eigenvalue weighted by molar-refractivity contribution is 5.82. The average Bonchev–Trinajstić information content (AvgIpc) is 3.19. The molecule has 3 rings (SSSR count). The monoisotopic (exact) mass is 371 g/mol. The Morgan fingerprint density at radius 3 is 2.63 bits per heavy atom. The van der Waals surface area contributed by atoms with Crippen molar-refractivity contribution < 1.29 is 18.7 Å². The largest absolute Gasteiger partial charge is 0.467 e. The van der Waals surface area contributed by atoms with Gasteiger partial charge in [-0.15, -0.1) is 0 Å². The lowest BCUT2D eigenvalue weighted by Gasteiger charge is -2.12. The van der Waals surface area contributed by atoms with Crippen molar-refractivity contribution in [3.63, 3.8) is 0 Å². The molecule has 1 amide bonds. The molecule has 0 saturated heterocycles. The molecule has 1 atom stereocenters. The maximum absolute atomic E-state index is 12.3. The molecule has 0 spiro atoms. The van der Waals surface area contributed by atoms with Gasteiger partial charge in [-0.05, 0) is 31.2 Å². The van der Waals surface area contributed by atoms with Crippen molar-refractivity contribution in [2.45, 2.75) is 19.5 Å². The van der Waals surface area contributed by atoms with E-state index in [9.17, 15) is 19.2 Å². The molecule has 27 heavy (non-hydrogen) atoms. The van der Waals surface area contributed by atoms with Crippen LogP contribution in [0.15, 0.2) is 56.7 Å². The summed E-state index contributed by atoms with van der Waals surface area (Å²) in [4.78, 5) is 48.1. The second kappa shape index (κ2) is 7.73. The molecule has 0 aliphatic rings. The molecular weight excluding hydrogens is 354 g/mol. The summed E-state index contributed by atoms with van der Waals surface area (Å²) >= 11 is 0.